The van der Waals surface area contributed by atoms with Gasteiger partial charge in [-0.3, -0.25) is 4.79 Å². The van der Waals surface area contributed by atoms with Crippen LogP contribution in [0.5, 0.6) is 5.75 Å². The van der Waals surface area contributed by atoms with E-state index in [4.69, 9.17) is 4.74 Å². The third-order valence-corrected chi connectivity index (χ3v) is 2.09. The Kier molecular flexibility index (Phi) is 4.23. The van der Waals surface area contributed by atoms with Crippen molar-refractivity contribution in [2.75, 3.05) is 7.05 Å². The number of nitrogens with one attached hydrogen (secondary N) is 1. The molecule has 0 atom stereocenters. The van der Waals surface area contributed by atoms with Gasteiger partial charge in [0.25, 0.3) is 0 Å². The van der Waals surface area contributed by atoms with Crippen molar-refractivity contribution < 1.29 is 13.9 Å². The van der Waals surface area contributed by atoms with Crippen LogP contribution in [0.2, 0.25) is 0 Å². The van der Waals surface area contributed by atoms with Crippen LogP contribution in [0.25, 0.3) is 0 Å². The molecule has 0 heterocycles. The molecule has 4 heteroatoms. The summed E-state index contributed by atoms with van der Waals surface area (Å²) in [6, 6.07) is 2.78. The molecule has 0 unspecified atom stereocenters. The van der Waals surface area contributed by atoms with Gasteiger partial charge in [-0.2, -0.15) is 0 Å². The van der Waals surface area contributed by atoms with E-state index in [0.29, 0.717) is 18.6 Å². The average Bonchev–Trinajstić information content (AvgIpc) is 2.20. The van der Waals surface area contributed by atoms with Gasteiger partial charge in [-0.25, -0.2) is 4.39 Å². The van der Waals surface area contributed by atoms with Crippen LogP contribution >= 0.6 is 0 Å². The summed E-state index contributed by atoms with van der Waals surface area (Å²) in [5.74, 6) is -0.0888. The highest BCUT2D eigenvalue weighted by molar-refractivity contribution is 5.76. The molecule has 1 aromatic rings. The van der Waals surface area contributed by atoms with E-state index in [2.05, 4.69) is 5.32 Å². The lowest BCUT2D eigenvalue weighted by Gasteiger charge is -2.23. The van der Waals surface area contributed by atoms with Gasteiger partial charge in [0.15, 0.2) is 6.29 Å². The van der Waals surface area contributed by atoms with Gasteiger partial charge >= 0.3 is 0 Å². The monoisotopic (exact) mass is 239 g/mol. The number of rotatable bonds is 4. The zero-order valence-corrected chi connectivity index (χ0v) is 10.6. The minimum Gasteiger partial charge on any atom is -0.488 e. The SMILES string of the molecule is CNCc1cc(C=O)c(F)cc1OC(C)(C)C. The van der Waals surface area contributed by atoms with Crippen LogP contribution in [0.3, 0.4) is 0 Å². The molecule has 0 spiro atoms. The van der Waals surface area contributed by atoms with Crippen molar-refractivity contribution in [3.05, 3.63) is 29.1 Å². The Balaban J connectivity index is 3.17. The normalized spacial score (nSPS) is 11.4. The summed E-state index contributed by atoms with van der Waals surface area (Å²) in [5, 5.41) is 2.96. The van der Waals surface area contributed by atoms with Crippen LogP contribution in [0.4, 0.5) is 4.39 Å². The fourth-order valence-electron chi connectivity index (χ4n) is 1.46. The minimum atomic E-state index is -0.556. The fourth-order valence-corrected chi connectivity index (χ4v) is 1.46. The van der Waals surface area contributed by atoms with Crippen molar-refractivity contribution in [3.63, 3.8) is 0 Å². The smallest absolute Gasteiger partial charge is 0.153 e. The molecule has 0 bridgehead atoms. The first kappa shape index (κ1) is 13.6. The van der Waals surface area contributed by atoms with Gasteiger partial charge < -0.3 is 10.1 Å². The molecule has 1 N–H and O–H groups in total. The van der Waals surface area contributed by atoms with E-state index >= 15 is 0 Å². The van der Waals surface area contributed by atoms with Crippen LogP contribution in [0, 0.1) is 5.82 Å². The second-order valence-electron chi connectivity index (χ2n) is 4.84. The van der Waals surface area contributed by atoms with Gasteiger partial charge in [0.05, 0.1) is 5.56 Å². The second-order valence-corrected chi connectivity index (χ2v) is 4.84. The molecule has 0 aliphatic carbocycles. The summed E-state index contributed by atoms with van der Waals surface area (Å²) < 4.78 is 19.2. The molecule has 94 valence electrons. The Morgan fingerprint density at radius 3 is 2.53 bits per heavy atom. The third kappa shape index (κ3) is 3.82. The Morgan fingerprint density at radius 1 is 1.41 bits per heavy atom. The molecule has 0 saturated carbocycles. The number of ether oxygens (including phenoxy) is 1. The lowest BCUT2D eigenvalue weighted by atomic mass is 10.1. The Labute approximate surface area is 101 Å². The lowest BCUT2D eigenvalue weighted by molar-refractivity contribution is 0.111. The van der Waals surface area contributed by atoms with Crippen LogP contribution in [-0.4, -0.2) is 18.9 Å². The van der Waals surface area contributed by atoms with Gasteiger partial charge in [-0.1, -0.05) is 0 Å². The van der Waals surface area contributed by atoms with Crippen LogP contribution < -0.4 is 10.1 Å². The summed E-state index contributed by atoms with van der Waals surface area (Å²) in [4.78, 5) is 10.7. The summed E-state index contributed by atoms with van der Waals surface area (Å²) in [5.41, 5.74) is 0.417. The molecule has 1 aromatic carbocycles. The zero-order valence-electron chi connectivity index (χ0n) is 10.6. The van der Waals surface area contributed by atoms with Crippen LogP contribution in [0.1, 0.15) is 36.7 Å². The number of aldehydes is 1. The molecule has 0 amide bonds. The molecule has 17 heavy (non-hydrogen) atoms. The molecule has 0 aliphatic heterocycles. The largest absolute Gasteiger partial charge is 0.488 e. The van der Waals surface area contributed by atoms with Gasteiger partial charge in [0, 0.05) is 18.2 Å². The number of carbonyl (C=O) groups excluding carboxylic acids is 1. The van der Waals surface area contributed by atoms with E-state index in [-0.39, 0.29) is 5.56 Å². The molecule has 0 aliphatic rings. The molecule has 0 saturated heterocycles. The fraction of sp³-hybridized carbons (Fsp3) is 0.462. The highest BCUT2D eigenvalue weighted by Gasteiger charge is 2.17. The summed E-state index contributed by atoms with van der Waals surface area (Å²) in [6.07, 6.45) is 0.509. The van der Waals surface area contributed by atoms with Crippen molar-refractivity contribution in [3.8, 4) is 5.75 Å². The molecular formula is C13H18FNO2. The third-order valence-electron chi connectivity index (χ3n) is 2.09. The number of hydrogen-bond donors (Lipinski definition) is 1. The molecule has 0 fully saturated rings. The zero-order chi connectivity index (χ0) is 13.1. The first-order valence-electron chi connectivity index (χ1n) is 5.48. The number of benzene rings is 1. The minimum absolute atomic E-state index is 0.0523. The van der Waals surface area contributed by atoms with Crippen molar-refractivity contribution in [2.24, 2.45) is 0 Å². The molecule has 0 aromatic heterocycles. The van der Waals surface area contributed by atoms with Gasteiger partial charge in [-0.15, -0.1) is 0 Å². The van der Waals surface area contributed by atoms with Crippen LogP contribution in [0.15, 0.2) is 12.1 Å². The first-order valence-corrected chi connectivity index (χ1v) is 5.48. The van der Waals surface area contributed by atoms with E-state index in [9.17, 15) is 9.18 Å². The van der Waals surface area contributed by atoms with Gasteiger partial charge in [0.1, 0.15) is 17.2 Å². The van der Waals surface area contributed by atoms with Crippen molar-refractivity contribution in [1.82, 2.24) is 5.32 Å². The standard InChI is InChI=1S/C13H18FNO2/c1-13(2,3)17-12-6-11(14)10(8-16)5-9(12)7-15-4/h5-6,8,15H,7H2,1-4H3. The summed E-state index contributed by atoms with van der Waals surface area (Å²) >= 11 is 0. The highest BCUT2D eigenvalue weighted by Crippen LogP contribution is 2.26. The highest BCUT2D eigenvalue weighted by atomic mass is 19.1. The molecule has 3 nitrogen and oxygen atoms in total. The molecule has 1 rings (SSSR count). The van der Waals surface area contributed by atoms with E-state index in [1.54, 1.807) is 7.05 Å². The lowest BCUT2D eigenvalue weighted by Crippen LogP contribution is -2.24. The number of carbonyl (C=O) groups is 1. The van der Waals surface area contributed by atoms with Crippen LogP contribution in [-0.2, 0) is 6.54 Å². The van der Waals surface area contributed by atoms with E-state index in [1.165, 1.54) is 12.1 Å². The van der Waals surface area contributed by atoms with E-state index < -0.39 is 11.4 Å². The predicted molar refractivity (Wildman–Crippen MR) is 64.9 cm³/mol. The van der Waals surface area contributed by atoms with Gasteiger partial charge in [-0.05, 0) is 33.9 Å². The maximum absolute atomic E-state index is 13.5. The van der Waals surface area contributed by atoms with Crippen molar-refractivity contribution >= 4 is 6.29 Å². The Bertz CT molecular complexity index is 411. The van der Waals surface area contributed by atoms with E-state index in [0.717, 1.165) is 5.56 Å². The maximum atomic E-state index is 13.5. The van der Waals surface area contributed by atoms with E-state index in [1.807, 2.05) is 20.8 Å². The van der Waals surface area contributed by atoms with Crippen molar-refractivity contribution in [1.29, 1.82) is 0 Å². The number of halogens is 1. The average molecular weight is 239 g/mol. The summed E-state index contributed by atoms with van der Waals surface area (Å²) in [7, 11) is 1.78. The topological polar surface area (TPSA) is 38.3 Å². The Hall–Kier alpha value is -1.42. The Morgan fingerprint density at radius 2 is 2.06 bits per heavy atom. The van der Waals surface area contributed by atoms with Crippen molar-refractivity contribution in [2.45, 2.75) is 32.9 Å². The molecular weight excluding hydrogens is 221 g/mol. The first-order chi connectivity index (χ1) is 7.87. The maximum Gasteiger partial charge on any atom is 0.153 e. The predicted octanol–water partition coefficient (Wildman–Crippen LogP) is 2.53. The number of hydrogen-bond acceptors (Lipinski definition) is 3. The van der Waals surface area contributed by atoms with Gasteiger partial charge in [0.2, 0.25) is 0 Å². The quantitative estimate of drug-likeness (QED) is 0.820. The molecule has 0 radical (unpaired) electrons. The summed E-state index contributed by atoms with van der Waals surface area (Å²) in [6.45, 7) is 6.19. The second kappa shape index (κ2) is 5.27.